The van der Waals surface area contributed by atoms with Crippen molar-refractivity contribution in [3.05, 3.63) is 0 Å². The monoisotopic (exact) mass is 131 g/mol. The van der Waals surface area contributed by atoms with E-state index in [0.29, 0.717) is 0 Å². The third-order valence-corrected chi connectivity index (χ3v) is 5.00. The van der Waals surface area contributed by atoms with Gasteiger partial charge in [-0.15, -0.1) is 8.40 Å². The number of ether oxygens (including phenoxy) is 1. The normalized spacial score (nSPS) is 46.7. The average molecular weight is 131 g/mol. The van der Waals surface area contributed by atoms with Crippen molar-refractivity contribution < 1.29 is 4.74 Å². The smallest absolute Gasteiger partial charge is 0.108 e. The highest BCUT2D eigenvalue weighted by atomic mass is 31.1. The standard InChI is InChI=1S/C3H8BOPSi/c1-7-3(6-4)2-5-3/h6H,2,7H2,1H3/i6D. The molecule has 1 fully saturated rings. The second-order valence-electron chi connectivity index (χ2n) is 1.72. The van der Waals surface area contributed by atoms with E-state index < -0.39 is 8.40 Å². The van der Waals surface area contributed by atoms with E-state index in [1.807, 2.05) is 0 Å². The van der Waals surface area contributed by atoms with Crippen LogP contribution in [0.1, 0.15) is 0 Å². The molecule has 1 heterocycles. The average Bonchev–Trinajstić information content (AvgIpc) is 2.44. The van der Waals surface area contributed by atoms with E-state index in [1.54, 1.807) is 0 Å². The molecule has 0 aliphatic carbocycles. The molecule has 7 heavy (non-hydrogen) atoms. The summed E-state index contributed by atoms with van der Waals surface area (Å²) in [5, 5.41) is 0. The molecular formula is C3H8BOPSi. The van der Waals surface area contributed by atoms with Gasteiger partial charge >= 0.3 is 0 Å². The van der Waals surface area contributed by atoms with Crippen molar-refractivity contribution in [2.75, 3.05) is 6.61 Å². The van der Waals surface area contributed by atoms with Crippen LogP contribution in [0.2, 0.25) is 6.55 Å². The van der Waals surface area contributed by atoms with Gasteiger partial charge in [0.1, 0.15) is 7.57 Å². The minimum Gasteiger partial charge on any atom is -0.371 e. The van der Waals surface area contributed by atoms with Crippen molar-refractivity contribution in [3.8, 4) is 0 Å². The molecule has 1 aliphatic heterocycles. The molecule has 2 unspecified atom stereocenters. The fraction of sp³-hybridized carbons (Fsp3) is 1.00. The zero-order valence-electron chi connectivity index (χ0n) is 5.35. The molecule has 0 bridgehead atoms. The van der Waals surface area contributed by atoms with Gasteiger partial charge in [0, 0.05) is 1.28 Å². The summed E-state index contributed by atoms with van der Waals surface area (Å²) in [6.07, 6.45) is 0. The molecule has 0 aromatic carbocycles. The highest BCUT2D eigenvalue weighted by Crippen LogP contribution is 2.39. The zero-order chi connectivity index (χ0) is 6.20. The molecule has 0 aromatic rings. The summed E-state index contributed by atoms with van der Waals surface area (Å²) >= 11 is 0. The third kappa shape index (κ3) is 1.07. The lowest BCUT2D eigenvalue weighted by atomic mass is 10.8. The van der Waals surface area contributed by atoms with Gasteiger partial charge in [-0.1, -0.05) is 6.55 Å². The van der Waals surface area contributed by atoms with Gasteiger partial charge in [-0.3, -0.25) is 0 Å². The van der Waals surface area contributed by atoms with Gasteiger partial charge in [-0.05, 0) is 0 Å². The van der Waals surface area contributed by atoms with Crippen LogP contribution in [0.4, 0.5) is 0 Å². The first-order valence-corrected chi connectivity index (χ1v) is 5.47. The number of epoxide rings is 1. The van der Waals surface area contributed by atoms with Gasteiger partial charge in [0.2, 0.25) is 0 Å². The van der Waals surface area contributed by atoms with Gasteiger partial charge in [0.15, 0.2) is 0 Å². The first kappa shape index (κ1) is 4.54. The Kier molecular flexibility index (Phi) is 1.22. The summed E-state index contributed by atoms with van der Waals surface area (Å²) < 4.78 is 12.3. The maximum atomic E-state index is 7.20. The van der Waals surface area contributed by atoms with Crippen molar-refractivity contribution >= 4 is 25.5 Å². The van der Waals surface area contributed by atoms with Crippen molar-refractivity contribution in [1.29, 1.82) is 1.28 Å². The maximum absolute atomic E-state index is 7.20. The van der Waals surface area contributed by atoms with E-state index in [0.717, 1.165) is 6.61 Å². The highest BCUT2D eigenvalue weighted by Gasteiger charge is 2.39. The van der Waals surface area contributed by atoms with Gasteiger partial charge in [-0.25, -0.2) is 0 Å². The first-order valence-electron chi connectivity index (χ1n) is 2.84. The quantitative estimate of drug-likeness (QED) is 0.283. The Bertz CT molecular complexity index is 97.3. The van der Waals surface area contributed by atoms with Crippen molar-refractivity contribution in [1.82, 2.24) is 0 Å². The molecular weight excluding hydrogens is 122 g/mol. The van der Waals surface area contributed by atoms with Crippen LogP contribution < -0.4 is 0 Å². The predicted molar refractivity (Wildman–Crippen MR) is 37.2 cm³/mol. The molecule has 1 nitrogen and oxygen atoms in total. The Morgan fingerprint density at radius 1 is 2.29 bits per heavy atom. The first-order chi connectivity index (χ1) is 3.71. The summed E-state index contributed by atoms with van der Waals surface area (Å²) in [5.74, 6) is 0. The summed E-state index contributed by atoms with van der Waals surface area (Å²) in [6, 6.07) is 0. The van der Waals surface area contributed by atoms with Gasteiger partial charge in [-0.2, -0.15) is 0 Å². The SMILES string of the molecule is [2H]P([B])C1([SiH2]C)CO1. The zero-order valence-corrected chi connectivity index (χ0v) is 6.66. The molecule has 0 aromatic heterocycles. The molecule has 1 aliphatic rings. The lowest BCUT2D eigenvalue weighted by Crippen LogP contribution is -2.09. The van der Waals surface area contributed by atoms with Crippen LogP contribution in [0.15, 0.2) is 0 Å². The Labute approximate surface area is 50.5 Å². The lowest BCUT2D eigenvalue weighted by molar-refractivity contribution is 0.438. The van der Waals surface area contributed by atoms with E-state index in [9.17, 15) is 0 Å². The summed E-state index contributed by atoms with van der Waals surface area (Å²) in [4.78, 5) is -0.0602. The summed E-state index contributed by atoms with van der Waals surface area (Å²) in [5.41, 5.74) is 0. The fourth-order valence-corrected chi connectivity index (χ4v) is 1.91. The highest BCUT2D eigenvalue weighted by molar-refractivity contribution is 7.69. The van der Waals surface area contributed by atoms with Crippen molar-refractivity contribution in [2.24, 2.45) is 0 Å². The van der Waals surface area contributed by atoms with Gasteiger partial charge in [0.25, 0.3) is 0 Å². The van der Waals surface area contributed by atoms with Crippen LogP contribution in [-0.4, -0.2) is 29.9 Å². The topological polar surface area (TPSA) is 12.5 Å². The minimum atomic E-state index is -1.04. The number of hydrogen-bond acceptors (Lipinski definition) is 1. The predicted octanol–water partition coefficient (Wildman–Crippen LogP) is -0.351. The van der Waals surface area contributed by atoms with Crippen LogP contribution in [0.3, 0.4) is 0 Å². The molecule has 1 saturated heterocycles. The van der Waals surface area contributed by atoms with E-state index in [4.69, 9.17) is 13.6 Å². The Morgan fingerprint density at radius 3 is 2.86 bits per heavy atom. The largest absolute Gasteiger partial charge is 0.371 e. The van der Waals surface area contributed by atoms with Crippen molar-refractivity contribution in [3.63, 3.8) is 0 Å². The molecule has 0 N–H and O–H groups in total. The molecule has 4 heteroatoms. The van der Waals surface area contributed by atoms with E-state index in [2.05, 4.69) is 6.55 Å². The molecule has 0 saturated carbocycles. The van der Waals surface area contributed by atoms with E-state index >= 15 is 0 Å². The second kappa shape index (κ2) is 1.88. The molecule has 2 atom stereocenters. The van der Waals surface area contributed by atoms with Crippen LogP contribution in [0.25, 0.3) is 0 Å². The van der Waals surface area contributed by atoms with E-state index in [1.165, 1.54) is 0 Å². The van der Waals surface area contributed by atoms with E-state index in [-0.39, 0.29) is 14.5 Å². The second-order valence-corrected chi connectivity index (χ2v) is 5.24. The lowest BCUT2D eigenvalue weighted by Gasteiger charge is -2.00. The van der Waals surface area contributed by atoms with Crippen LogP contribution in [0, 0.1) is 0 Å². The fourth-order valence-electron chi connectivity index (χ4n) is 0.453. The molecule has 2 radical (unpaired) electrons. The Balaban J connectivity index is 2.41. The Morgan fingerprint density at radius 2 is 2.86 bits per heavy atom. The van der Waals surface area contributed by atoms with Crippen LogP contribution in [-0.2, 0) is 4.74 Å². The minimum absolute atomic E-state index is 0.0602. The molecule has 38 valence electrons. The number of rotatable bonds is 2. The summed E-state index contributed by atoms with van der Waals surface area (Å²) in [6.45, 7) is 2.91. The summed E-state index contributed by atoms with van der Waals surface area (Å²) in [7, 11) is 4.14. The van der Waals surface area contributed by atoms with Gasteiger partial charge in [0.05, 0.1) is 21.1 Å². The van der Waals surface area contributed by atoms with Crippen molar-refractivity contribution in [2.45, 2.75) is 11.5 Å². The third-order valence-electron chi connectivity index (χ3n) is 1.27. The maximum Gasteiger partial charge on any atom is 0.108 e. The molecule has 0 amide bonds. The number of hydrogen-bond donors (Lipinski definition) is 0. The van der Waals surface area contributed by atoms with Crippen LogP contribution >= 0.6 is 8.40 Å². The molecule has 1 rings (SSSR count). The van der Waals surface area contributed by atoms with Gasteiger partial charge < -0.3 is 4.74 Å². The van der Waals surface area contributed by atoms with Crippen LogP contribution in [0.5, 0.6) is 0 Å². The molecule has 0 spiro atoms. The Hall–Kier alpha value is 0.672.